The van der Waals surface area contributed by atoms with Gasteiger partial charge in [0.1, 0.15) is 10.6 Å². The van der Waals surface area contributed by atoms with Gasteiger partial charge in [0.2, 0.25) is 0 Å². The minimum atomic E-state index is -3.88. The lowest BCUT2D eigenvalue weighted by molar-refractivity contribution is -0.134. The van der Waals surface area contributed by atoms with E-state index in [9.17, 15) is 13.2 Å². The lowest BCUT2D eigenvalue weighted by Crippen LogP contribution is -2.16. The third kappa shape index (κ3) is 3.22. The molecule has 100 valence electrons. The van der Waals surface area contributed by atoms with Crippen LogP contribution < -0.4 is 4.74 Å². The average Bonchev–Trinajstić information content (AvgIpc) is 2.26. The van der Waals surface area contributed by atoms with Crippen molar-refractivity contribution in [3.63, 3.8) is 0 Å². The van der Waals surface area contributed by atoms with E-state index in [1.165, 1.54) is 13.2 Å². The van der Waals surface area contributed by atoms with Gasteiger partial charge >= 0.3 is 5.97 Å². The van der Waals surface area contributed by atoms with Crippen molar-refractivity contribution in [1.29, 1.82) is 0 Å². The second-order valence-corrected chi connectivity index (χ2v) is 6.18. The fraction of sp³-hybridized carbons (Fsp3) is 0.417. The van der Waals surface area contributed by atoms with Crippen LogP contribution in [0, 0.1) is 0 Å². The van der Waals surface area contributed by atoms with Crippen LogP contribution in [0.15, 0.2) is 23.1 Å². The van der Waals surface area contributed by atoms with Crippen LogP contribution in [0.4, 0.5) is 0 Å². The smallest absolute Gasteiger partial charge is 0.319 e. The first-order valence-corrected chi connectivity index (χ1v) is 7.05. The predicted octanol–water partition coefficient (Wildman–Crippen LogP) is 1.68. The first-order valence-electron chi connectivity index (χ1n) is 5.40. The Morgan fingerprint density at radius 1 is 1.39 bits per heavy atom. The molecule has 0 fully saturated rings. The maximum Gasteiger partial charge on any atom is 0.319 e. The van der Waals surface area contributed by atoms with Crippen molar-refractivity contribution < 1.29 is 23.1 Å². The summed E-state index contributed by atoms with van der Waals surface area (Å²) < 4.78 is 28.8. The van der Waals surface area contributed by atoms with Gasteiger partial charge in [-0.1, -0.05) is 19.9 Å². The molecule has 0 unspecified atom stereocenters. The molecule has 5 nitrogen and oxygen atoms in total. The summed E-state index contributed by atoms with van der Waals surface area (Å²) in [6.45, 7) is 3.85. The first-order chi connectivity index (χ1) is 8.27. The van der Waals surface area contributed by atoms with E-state index in [0.717, 1.165) is 5.56 Å². The molecule has 0 amide bonds. The number of aliphatic carboxylic acids is 1. The van der Waals surface area contributed by atoms with Crippen LogP contribution >= 0.6 is 0 Å². The van der Waals surface area contributed by atoms with Gasteiger partial charge in [-0.05, 0) is 23.6 Å². The van der Waals surface area contributed by atoms with Crippen molar-refractivity contribution in [3.8, 4) is 5.75 Å². The Morgan fingerprint density at radius 2 is 2.00 bits per heavy atom. The van der Waals surface area contributed by atoms with E-state index >= 15 is 0 Å². The lowest BCUT2D eigenvalue weighted by Gasteiger charge is -2.12. The van der Waals surface area contributed by atoms with Crippen molar-refractivity contribution in [2.75, 3.05) is 12.9 Å². The van der Waals surface area contributed by atoms with Crippen molar-refractivity contribution in [2.45, 2.75) is 24.7 Å². The van der Waals surface area contributed by atoms with Crippen LogP contribution in [-0.4, -0.2) is 32.4 Å². The molecule has 0 aliphatic heterocycles. The summed E-state index contributed by atoms with van der Waals surface area (Å²) in [5.74, 6) is -2.01. The Labute approximate surface area is 106 Å². The maximum atomic E-state index is 11.9. The van der Waals surface area contributed by atoms with Crippen LogP contribution in [-0.2, 0) is 14.6 Å². The first kappa shape index (κ1) is 14.5. The van der Waals surface area contributed by atoms with E-state index in [0.29, 0.717) is 0 Å². The van der Waals surface area contributed by atoms with Gasteiger partial charge in [-0.25, -0.2) is 8.42 Å². The molecule has 0 heterocycles. The summed E-state index contributed by atoms with van der Waals surface area (Å²) in [4.78, 5) is 10.5. The van der Waals surface area contributed by atoms with Gasteiger partial charge in [-0.3, -0.25) is 4.79 Å². The molecule has 1 N–H and O–H groups in total. The second kappa shape index (κ2) is 5.39. The number of ether oxygens (including phenoxy) is 1. The molecule has 6 heteroatoms. The minimum absolute atomic E-state index is 0.0707. The number of carbonyl (C=O) groups is 1. The molecular weight excluding hydrogens is 256 g/mol. The molecule has 0 radical (unpaired) electrons. The zero-order valence-electron chi connectivity index (χ0n) is 10.5. The zero-order valence-corrected chi connectivity index (χ0v) is 11.3. The SMILES string of the molecule is COc1ccc(C(C)C)cc1S(=O)(=O)CC(=O)O. The topological polar surface area (TPSA) is 80.7 Å². The van der Waals surface area contributed by atoms with Crippen molar-refractivity contribution in [3.05, 3.63) is 23.8 Å². The molecule has 0 saturated heterocycles. The Morgan fingerprint density at radius 3 is 2.44 bits per heavy atom. The number of methoxy groups -OCH3 is 1. The summed E-state index contributed by atoms with van der Waals surface area (Å²) >= 11 is 0. The molecule has 1 aromatic rings. The van der Waals surface area contributed by atoms with Gasteiger partial charge in [0.15, 0.2) is 15.6 Å². The number of hydrogen-bond donors (Lipinski definition) is 1. The van der Waals surface area contributed by atoms with Gasteiger partial charge in [-0.2, -0.15) is 0 Å². The summed E-state index contributed by atoms with van der Waals surface area (Å²) in [7, 11) is -2.53. The van der Waals surface area contributed by atoms with Crippen LogP contribution in [0.3, 0.4) is 0 Å². The average molecular weight is 272 g/mol. The number of hydrogen-bond acceptors (Lipinski definition) is 4. The molecule has 0 spiro atoms. The van der Waals surface area contributed by atoms with E-state index in [4.69, 9.17) is 9.84 Å². The molecule has 0 aliphatic carbocycles. The van der Waals surface area contributed by atoms with Crippen LogP contribution in [0.2, 0.25) is 0 Å². The van der Waals surface area contributed by atoms with Gasteiger partial charge in [0, 0.05) is 0 Å². The standard InChI is InChI=1S/C12H16O5S/c1-8(2)9-4-5-10(17-3)11(6-9)18(15,16)7-12(13)14/h4-6,8H,7H2,1-3H3,(H,13,14). The zero-order chi connectivity index (χ0) is 13.9. The number of carboxylic acids is 1. The summed E-state index contributed by atoms with van der Waals surface area (Å²) in [5, 5.41) is 8.63. The van der Waals surface area contributed by atoms with Gasteiger partial charge in [0.25, 0.3) is 0 Å². The molecule has 0 saturated carbocycles. The van der Waals surface area contributed by atoms with E-state index in [-0.39, 0.29) is 16.6 Å². The van der Waals surface area contributed by atoms with Crippen molar-refractivity contribution in [1.82, 2.24) is 0 Å². The molecule has 0 aliphatic rings. The van der Waals surface area contributed by atoms with E-state index in [1.807, 2.05) is 13.8 Å². The van der Waals surface area contributed by atoms with E-state index in [1.54, 1.807) is 12.1 Å². The third-order valence-electron chi connectivity index (χ3n) is 2.50. The Kier molecular flexibility index (Phi) is 4.34. The van der Waals surface area contributed by atoms with Gasteiger partial charge < -0.3 is 9.84 Å². The largest absolute Gasteiger partial charge is 0.495 e. The lowest BCUT2D eigenvalue weighted by atomic mass is 10.0. The fourth-order valence-corrected chi connectivity index (χ4v) is 2.79. The van der Waals surface area contributed by atoms with Gasteiger partial charge in [-0.15, -0.1) is 0 Å². The van der Waals surface area contributed by atoms with Crippen LogP contribution in [0.5, 0.6) is 5.75 Å². The van der Waals surface area contributed by atoms with Crippen LogP contribution in [0.1, 0.15) is 25.3 Å². The summed E-state index contributed by atoms with van der Waals surface area (Å²) in [5.41, 5.74) is 0.819. The molecule has 0 bridgehead atoms. The third-order valence-corrected chi connectivity index (χ3v) is 4.12. The molecular formula is C12H16O5S. The quantitative estimate of drug-likeness (QED) is 0.882. The maximum absolute atomic E-state index is 11.9. The highest BCUT2D eigenvalue weighted by Gasteiger charge is 2.23. The number of carboxylic acid groups (broad SMARTS) is 1. The van der Waals surface area contributed by atoms with Crippen molar-refractivity contribution >= 4 is 15.8 Å². The molecule has 1 rings (SSSR count). The molecule has 0 atom stereocenters. The number of rotatable bonds is 5. The van der Waals surface area contributed by atoms with Crippen LogP contribution in [0.25, 0.3) is 0 Å². The second-order valence-electron chi connectivity index (χ2n) is 4.22. The highest BCUT2D eigenvalue weighted by Crippen LogP contribution is 2.28. The highest BCUT2D eigenvalue weighted by molar-refractivity contribution is 7.92. The molecule has 1 aromatic carbocycles. The summed E-state index contributed by atoms with van der Waals surface area (Å²) in [6, 6.07) is 4.79. The molecule has 0 aromatic heterocycles. The Hall–Kier alpha value is -1.56. The van der Waals surface area contributed by atoms with Crippen molar-refractivity contribution in [2.24, 2.45) is 0 Å². The minimum Gasteiger partial charge on any atom is -0.495 e. The number of sulfone groups is 1. The normalized spacial score (nSPS) is 11.6. The number of benzene rings is 1. The van der Waals surface area contributed by atoms with E-state index in [2.05, 4.69) is 0 Å². The monoisotopic (exact) mass is 272 g/mol. The highest BCUT2D eigenvalue weighted by atomic mass is 32.2. The fourth-order valence-electron chi connectivity index (χ4n) is 1.54. The van der Waals surface area contributed by atoms with Gasteiger partial charge in [0.05, 0.1) is 7.11 Å². The Bertz CT molecular complexity index is 546. The summed E-state index contributed by atoms with van der Waals surface area (Å²) in [6.07, 6.45) is 0. The molecule has 18 heavy (non-hydrogen) atoms. The Balaban J connectivity index is 3.36. The predicted molar refractivity (Wildman–Crippen MR) is 66.8 cm³/mol. The van der Waals surface area contributed by atoms with E-state index < -0.39 is 21.6 Å².